The number of anilines is 1. The Hall–Kier alpha value is -2.67. The van der Waals surface area contributed by atoms with Crippen LogP contribution in [0.2, 0.25) is 0 Å². The van der Waals surface area contributed by atoms with Crippen LogP contribution in [0.25, 0.3) is 0 Å². The average molecular weight is 401 g/mol. The van der Waals surface area contributed by atoms with E-state index in [2.05, 4.69) is 5.32 Å². The SMILES string of the molecule is CS(=O)(=O)Cc1ccc(C(=O)N2CCC[C@H](C(=O)Nc3ccccc3)C2)cc1. The van der Waals surface area contributed by atoms with Gasteiger partial charge < -0.3 is 10.2 Å². The molecular weight excluding hydrogens is 376 g/mol. The Morgan fingerprint density at radius 2 is 1.75 bits per heavy atom. The summed E-state index contributed by atoms with van der Waals surface area (Å²) in [6, 6.07) is 15.9. The molecule has 0 aromatic heterocycles. The second-order valence-electron chi connectivity index (χ2n) is 7.21. The Bertz CT molecular complexity index is 940. The first-order valence-electron chi connectivity index (χ1n) is 9.24. The molecular formula is C21H24N2O4S. The standard InChI is InChI=1S/C21H24N2O4S/c1-28(26,27)15-16-9-11-17(12-10-16)21(25)23-13-5-6-18(14-23)20(24)22-19-7-3-2-4-8-19/h2-4,7-12,18H,5-6,13-15H2,1H3,(H,22,24)/t18-/m0/s1. The predicted octanol–water partition coefficient (Wildman–Crippen LogP) is 2.72. The zero-order chi connectivity index (χ0) is 20.1. The lowest BCUT2D eigenvalue weighted by atomic mass is 9.96. The summed E-state index contributed by atoms with van der Waals surface area (Å²) in [6.45, 7) is 0.988. The summed E-state index contributed by atoms with van der Waals surface area (Å²) in [5.74, 6) is -0.509. The maximum absolute atomic E-state index is 12.8. The highest BCUT2D eigenvalue weighted by atomic mass is 32.2. The first-order valence-corrected chi connectivity index (χ1v) is 11.3. The van der Waals surface area contributed by atoms with Crippen LogP contribution in [0.15, 0.2) is 54.6 Å². The predicted molar refractivity (Wildman–Crippen MR) is 109 cm³/mol. The first kappa shape index (κ1) is 20.1. The van der Waals surface area contributed by atoms with Gasteiger partial charge in [0.1, 0.15) is 0 Å². The van der Waals surface area contributed by atoms with E-state index < -0.39 is 9.84 Å². The molecule has 6 nitrogen and oxygen atoms in total. The van der Waals surface area contributed by atoms with E-state index in [1.807, 2.05) is 30.3 Å². The summed E-state index contributed by atoms with van der Waals surface area (Å²) < 4.78 is 22.8. The number of carbonyl (C=O) groups excluding carboxylic acids is 2. The third-order valence-corrected chi connectivity index (χ3v) is 5.61. The molecule has 1 atom stereocenters. The molecule has 2 aromatic rings. The van der Waals surface area contributed by atoms with Gasteiger partial charge in [0.25, 0.3) is 5.91 Å². The lowest BCUT2D eigenvalue weighted by Gasteiger charge is -2.32. The number of benzene rings is 2. The number of amides is 2. The highest BCUT2D eigenvalue weighted by molar-refractivity contribution is 7.89. The van der Waals surface area contributed by atoms with Crippen LogP contribution < -0.4 is 5.32 Å². The van der Waals surface area contributed by atoms with Crippen molar-refractivity contribution in [3.63, 3.8) is 0 Å². The molecule has 1 N–H and O–H groups in total. The quantitative estimate of drug-likeness (QED) is 0.836. The summed E-state index contributed by atoms with van der Waals surface area (Å²) in [4.78, 5) is 27.0. The Kier molecular flexibility index (Phi) is 6.14. The maximum atomic E-state index is 12.8. The van der Waals surface area contributed by atoms with E-state index in [9.17, 15) is 18.0 Å². The number of nitrogens with zero attached hydrogens (tertiary/aromatic N) is 1. The topological polar surface area (TPSA) is 83.6 Å². The van der Waals surface area contributed by atoms with Gasteiger partial charge in [0.15, 0.2) is 9.84 Å². The van der Waals surface area contributed by atoms with Crippen LogP contribution in [0, 0.1) is 5.92 Å². The summed E-state index contributed by atoms with van der Waals surface area (Å²) in [5, 5.41) is 2.91. The number of carbonyl (C=O) groups is 2. The number of sulfone groups is 1. The number of hydrogen-bond donors (Lipinski definition) is 1. The van der Waals surface area contributed by atoms with Crippen molar-refractivity contribution in [2.45, 2.75) is 18.6 Å². The van der Waals surface area contributed by atoms with Crippen molar-refractivity contribution in [2.75, 3.05) is 24.7 Å². The lowest BCUT2D eigenvalue weighted by Crippen LogP contribution is -2.43. The fourth-order valence-electron chi connectivity index (χ4n) is 3.37. The molecule has 0 spiro atoms. The summed E-state index contributed by atoms with van der Waals surface area (Å²) in [5.41, 5.74) is 1.90. The van der Waals surface area contributed by atoms with Gasteiger partial charge in [0, 0.05) is 30.6 Å². The van der Waals surface area contributed by atoms with E-state index in [-0.39, 0.29) is 23.5 Å². The normalized spacial score (nSPS) is 17.2. The minimum Gasteiger partial charge on any atom is -0.338 e. The molecule has 1 fully saturated rings. The number of likely N-dealkylation sites (tertiary alicyclic amines) is 1. The zero-order valence-corrected chi connectivity index (χ0v) is 16.6. The van der Waals surface area contributed by atoms with Gasteiger partial charge >= 0.3 is 0 Å². The number of hydrogen-bond acceptors (Lipinski definition) is 4. The highest BCUT2D eigenvalue weighted by Crippen LogP contribution is 2.21. The van der Waals surface area contributed by atoms with Crippen LogP contribution >= 0.6 is 0 Å². The molecule has 28 heavy (non-hydrogen) atoms. The molecule has 2 aromatic carbocycles. The van der Waals surface area contributed by atoms with Gasteiger partial charge in [-0.3, -0.25) is 9.59 Å². The molecule has 1 saturated heterocycles. The monoisotopic (exact) mass is 400 g/mol. The second-order valence-corrected chi connectivity index (χ2v) is 9.35. The zero-order valence-electron chi connectivity index (χ0n) is 15.8. The van der Waals surface area contributed by atoms with Gasteiger partial charge in [-0.2, -0.15) is 0 Å². The van der Waals surface area contributed by atoms with Crippen molar-refractivity contribution in [2.24, 2.45) is 5.92 Å². The lowest BCUT2D eigenvalue weighted by molar-refractivity contribution is -0.121. The van der Waals surface area contributed by atoms with Crippen molar-refractivity contribution in [1.29, 1.82) is 0 Å². The smallest absolute Gasteiger partial charge is 0.253 e. The van der Waals surface area contributed by atoms with Crippen LogP contribution in [-0.4, -0.2) is 44.5 Å². The molecule has 1 aliphatic rings. The summed E-state index contributed by atoms with van der Waals surface area (Å²) >= 11 is 0. The molecule has 1 heterocycles. The molecule has 0 aliphatic carbocycles. The van der Waals surface area contributed by atoms with Crippen LogP contribution in [0.3, 0.4) is 0 Å². The minimum atomic E-state index is -3.11. The molecule has 0 radical (unpaired) electrons. The fraction of sp³-hybridized carbons (Fsp3) is 0.333. The van der Waals surface area contributed by atoms with Gasteiger partial charge in [-0.15, -0.1) is 0 Å². The number of rotatable bonds is 5. The number of para-hydroxylation sites is 1. The first-order chi connectivity index (χ1) is 13.3. The van der Waals surface area contributed by atoms with Gasteiger partial charge in [-0.05, 0) is 42.7 Å². The van der Waals surface area contributed by atoms with Crippen molar-refractivity contribution < 1.29 is 18.0 Å². The minimum absolute atomic E-state index is 0.0487. The Balaban J connectivity index is 1.63. The second kappa shape index (κ2) is 8.56. The average Bonchev–Trinajstić information content (AvgIpc) is 2.68. The van der Waals surface area contributed by atoms with Crippen LogP contribution in [0.1, 0.15) is 28.8 Å². The largest absolute Gasteiger partial charge is 0.338 e. The summed E-state index contributed by atoms with van der Waals surface area (Å²) in [6.07, 6.45) is 2.70. The van der Waals surface area contributed by atoms with Crippen molar-refractivity contribution in [3.8, 4) is 0 Å². The van der Waals surface area contributed by atoms with Gasteiger partial charge in [0.05, 0.1) is 11.7 Å². The third-order valence-electron chi connectivity index (χ3n) is 4.75. The van der Waals surface area contributed by atoms with E-state index >= 15 is 0 Å². The maximum Gasteiger partial charge on any atom is 0.253 e. The van der Waals surface area contributed by atoms with Crippen molar-refractivity contribution in [1.82, 2.24) is 4.90 Å². The molecule has 7 heteroatoms. The van der Waals surface area contributed by atoms with Gasteiger partial charge in [-0.25, -0.2) is 8.42 Å². The van der Waals surface area contributed by atoms with E-state index in [0.717, 1.165) is 18.5 Å². The Labute approximate surface area is 165 Å². The Morgan fingerprint density at radius 3 is 2.39 bits per heavy atom. The molecule has 0 saturated carbocycles. The van der Waals surface area contributed by atoms with Crippen LogP contribution in [-0.2, 0) is 20.4 Å². The molecule has 2 amide bonds. The molecule has 0 unspecified atom stereocenters. The summed E-state index contributed by atoms with van der Waals surface area (Å²) in [7, 11) is -3.11. The molecule has 148 valence electrons. The Morgan fingerprint density at radius 1 is 1.07 bits per heavy atom. The van der Waals surface area contributed by atoms with Crippen LogP contribution in [0.5, 0.6) is 0 Å². The van der Waals surface area contributed by atoms with Crippen LogP contribution in [0.4, 0.5) is 5.69 Å². The number of piperidine rings is 1. The van der Waals surface area contributed by atoms with Gasteiger partial charge in [-0.1, -0.05) is 30.3 Å². The van der Waals surface area contributed by atoms with E-state index in [4.69, 9.17) is 0 Å². The van der Waals surface area contributed by atoms with Crippen molar-refractivity contribution in [3.05, 3.63) is 65.7 Å². The van der Waals surface area contributed by atoms with E-state index in [1.54, 1.807) is 29.2 Å². The highest BCUT2D eigenvalue weighted by Gasteiger charge is 2.29. The fourth-order valence-corrected chi connectivity index (χ4v) is 4.17. The molecule has 3 rings (SSSR count). The van der Waals surface area contributed by atoms with E-state index in [1.165, 1.54) is 6.26 Å². The van der Waals surface area contributed by atoms with Crippen molar-refractivity contribution >= 4 is 27.3 Å². The third kappa shape index (κ3) is 5.42. The van der Waals surface area contributed by atoms with Gasteiger partial charge in [0.2, 0.25) is 5.91 Å². The number of nitrogens with one attached hydrogen (secondary N) is 1. The molecule has 1 aliphatic heterocycles. The molecule has 0 bridgehead atoms. The van der Waals surface area contributed by atoms with E-state index in [0.29, 0.717) is 24.2 Å².